The summed E-state index contributed by atoms with van der Waals surface area (Å²) in [6, 6.07) is 5.42. The molecule has 1 saturated heterocycles. The molecule has 0 unspecified atom stereocenters. The molecule has 1 fully saturated rings. The smallest absolute Gasteiger partial charge is 0.280 e. The molecule has 1 aromatic heterocycles. The van der Waals surface area contributed by atoms with Crippen molar-refractivity contribution in [1.82, 2.24) is 0 Å². The molecule has 2 rings (SSSR count). The van der Waals surface area contributed by atoms with E-state index in [1.165, 1.54) is 0 Å². The molecule has 0 amide bonds. The van der Waals surface area contributed by atoms with Gasteiger partial charge in [-0.05, 0) is 28.1 Å². The number of hydrogen-bond donors (Lipinski definition) is 0. The van der Waals surface area contributed by atoms with Gasteiger partial charge in [0, 0.05) is 6.07 Å². The van der Waals surface area contributed by atoms with Crippen LogP contribution in [-0.2, 0) is 4.74 Å². The van der Waals surface area contributed by atoms with Crippen molar-refractivity contribution >= 4 is 21.7 Å². The standard InChI is InChI=1S/C9H11BrN2O2/c10-8-2-1-3-9(12(8)13)11-4-6-14-7-5-11/h1-3H,4-7H2. The summed E-state index contributed by atoms with van der Waals surface area (Å²) < 4.78 is 6.66. The number of nitrogens with zero attached hydrogens (tertiary/aromatic N) is 2. The topological polar surface area (TPSA) is 39.4 Å². The monoisotopic (exact) mass is 258 g/mol. The fourth-order valence-corrected chi connectivity index (χ4v) is 1.82. The lowest BCUT2D eigenvalue weighted by Crippen LogP contribution is -2.44. The highest BCUT2D eigenvalue weighted by atomic mass is 79.9. The van der Waals surface area contributed by atoms with Gasteiger partial charge in [0.2, 0.25) is 0 Å². The molecule has 2 heterocycles. The summed E-state index contributed by atoms with van der Waals surface area (Å²) in [5.41, 5.74) is 0. The summed E-state index contributed by atoms with van der Waals surface area (Å²) in [5.74, 6) is 0.683. The summed E-state index contributed by atoms with van der Waals surface area (Å²) in [5, 5.41) is 11.7. The predicted molar refractivity (Wildman–Crippen MR) is 56.1 cm³/mol. The van der Waals surface area contributed by atoms with E-state index in [1.54, 1.807) is 6.07 Å². The van der Waals surface area contributed by atoms with Crippen LogP contribution < -0.4 is 9.63 Å². The van der Waals surface area contributed by atoms with Gasteiger partial charge in [-0.25, -0.2) is 4.73 Å². The SMILES string of the molecule is [O-][n+]1c(Br)cccc1N1CCOCC1. The molecule has 0 bridgehead atoms. The average Bonchev–Trinajstić information content (AvgIpc) is 2.23. The van der Waals surface area contributed by atoms with Gasteiger partial charge < -0.3 is 9.94 Å². The van der Waals surface area contributed by atoms with Crippen LogP contribution in [0.3, 0.4) is 0 Å². The number of anilines is 1. The Hall–Kier alpha value is -0.810. The second-order valence-corrected chi connectivity index (χ2v) is 3.91. The minimum atomic E-state index is 0.543. The third-order valence-corrected chi connectivity index (χ3v) is 2.80. The van der Waals surface area contributed by atoms with Gasteiger partial charge in [-0.2, -0.15) is 0 Å². The number of pyridine rings is 1. The molecular formula is C9H11BrN2O2. The largest absolute Gasteiger partial charge is 0.710 e. The second kappa shape index (κ2) is 4.14. The Bertz CT molecular complexity index is 327. The van der Waals surface area contributed by atoms with Crippen molar-refractivity contribution in [3.8, 4) is 0 Å². The molecule has 76 valence electrons. The van der Waals surface area contributed by atoms with Crippen LogP contribution in [0, 0.1) is 5.21 Å². The summed E-state index contributed by atoms with van der Waals surface area (Å²) in [7, 11) is 0. The predicted octanol–water partition coefficient (Wildman–Crippen LogP) is 0.919. The van der Waals surface area contributed by atoms with E-state index >= 15 is 0 Å². The maximum absolute atomic E-state index is 11.7. The van der Waals surface area contributed by atoms with Crippen molar-refractivity contribution in [2.24, 2.45) is 0 Å². The highest BCUT2D eigenvalue weighted by molar-refractivity contribution is 9.10. The molecule has 14 heavy (non-hydrogen) atoms. The fourth-order valence-electron chi connectivity index (χ4n) is 1.48. The van der Waals surface area contributed by atoms with E-state index in [-0.39, 0.29) is 0 Å². The Morgan fingerprint density at radius 3 is 2.79 bits per heavy atom. The summed E-state index contributed by atoms with van der Waals surface area (Å²) in [6.45, 7) is 2.93. The quantitative estimate of drug-likeness (QED) is 0.427. The average molecular weight is 259 g/mol. The minimum absolute atomic E-state index is 0.543. The lowest BCUT2D eigenvalue weighted by molar-refractivity contribution is -0.604. The second-order valence-electron chi connectivity index (χ2n) is 3.10. The van der Waals surface area contributed by atoms with Crippen molar-refractivity contribution in [3.05, 3.63) is 28.0 Å². The molecule has 0 atom stereocenters. The number of aromatic nitrogens is 1. The van der Waals surface area contributed by atoms with Gasteiger partial charge in [0.05, 0.1) is 13.2 Å². The lowest BCUT2D eigenvalue weighted by Gasteiger charge is -2.24. The molecule has 1 aliphatic rings. The van der Waals surface area contributed by atoms with Crippen LogP contribution in [0.2, 0.25) is 0 Å². The van der Waals surface area contributed by atoms with Crippen LogP contribution in [0.1, 0.15) is 0 Å². The normalized spacial score (nSPS) is 17.1. The molecular weight excluding hydrogens is 248 g/mol. The van der Waals surface area contributed by atoms with Crippen LogP contribution in [-0.4, -0.2) is 26.3 Å². The van der Waals surface area contributed by atoms with E-state index in [0.717, 1.165) is 17.8 Å². The van der Waals surface area contributed by atoms with Crippen LogP contribution in [0.5, 0.6) is 0 Å². The summed E-state index contributed by atoms with van der Waals surface area (Å²) in [4.78, 5) is 2.03. The van der Waals surface area contributed by atoms with Crippen LogP contribution >= 0.6 is 15.9 Å². The van der Waals surface area contributed by atoms with Crippen LogP contribution in [0.4, 0.5) is 5.82 Å². The highest BCUT2D eigenvalue weighted by Gasteiger charge is 2.20. The Balaban J connectivity index is 2.26. The molecule has 4 nitrogen and oxygen atoms in total. The molecule has 0 N–H and O–H groups in total. The van der Waals surface area contributed by atoms with Gasteiger partial charge in [0.15, 0.2) is 4.60 Å². The molecule has 1 aliphatic heterocycles. The van der Waals surface area contributed by atoms with Crippen LogP contribution in [0.25, 0.3) is 0 Å². The van der Waals surface area contributed by atoms with Crippen molar-refractivity contribution in [2.45, 2.75) is 0 Å². The van der Waals surface area contributed by atoms with Crippen molar-refractivity contribution in [2.75, 3.05) is 31.2 Å². The fraction of sp³-hybridized carbons (Fsp3) is 0.444. The lowest BCUT2D eigenvalue weighted by atomic mass is 10.4. The first-order valence-electron chi connectivity index (χ1n) is 4.50. The number of hydrogen-bond acceptors (Lipinski definition) is 3. The Kier molecular flexibility index (Phi) is 2.88. The molecule has 0 aromatic carbocycles. The third-order valence-electron chi connectivity index (χ3n) is 2.22. The molecule has 1 aromatic rings. The highest BCUT2D eigenvalue weighted by Crippen LogP contribution is 2.13. The van der Waals surface area contributed by atoms with Gasteiger partial charge in [-0.15, -0.1) is 0 Å². The van der Waals surface area contributed by atoms with E-state index in [4.69, 9.17) is 4.74 Å². The first-order chi connectivity index (χ1) is 6.79. The molecule has 0 radical (unpaired) electrons. The first-order valence-corrected chi connectivity index (χ1v) is 5.29. The molecule has 0 spiro atoms. The maximum Gasteiger partial charge on any atom is 0.280 e. The van der Waals surface area contributed by atoms with Crippen LogP contribution in [0.15, 0.2) is 22.8 Å². The van der Waals surface area contributed by atoms with Gasteiger partial charge in [-0.1, -0.05) is 0 Å². The van der Waals surface area contributed by atoms with Crippen molar-refractivity contribution < 1.29 is 9.47 Å². The van der Waals surface area contributed by atoms with Gasteiger partial charge >= 0.3 is 0 Å². The van der Waals surface area contributed by atoms with Crippen molar-refractivity contribution in [1.29, 1.82) is 0 Å². The number of halogens is 1. The molecule has 0 aliphatic carbocycles. The van der Waals surface area contributed by atoms with Crippen molar-refractivity contribution in [3.63, 3.8) is 0 Å². The zero-order valence-corrected chi connectivity index (χ0v) is 9.24. The number of rotatable bonds is 1. The Labute approximate surface area is 90.8 Å². The first kappa shape index (κ1) is 9.73. The minimum Gasteiger partial charge on any atom is -0.710 e. The van der Waals surface area contributed by atoms with E-state index in [0.29, 0.717) is 23.6 Å². The summed E-state index contributed by atoms with van der Waals surface area (Å²) in [6.07, 6.45) is 0. The molecule has 0 saturated carbocycles. The van der Waals surface area contributed by atoms with E-state index in [1.807, 2.05) is 17.0 Å². The zero-order valence-electron chi connectivity index (χ0n) is 7.65. The van der Waals surface area contributed by atoms with Gasteiger partial charge in [0.25, 0.3) is 5.82 Å². The maximum atomic E-state index is 11.7. The zero-order chi connectivity index (χ0) is 9.97. The van der Waals surface area contributed by atoms with Gasteiger partial charge in [0.1, 0.15) is 13.1 Å². The number of morpholine rings is 1. The Morgan fingerprint density at radius 2 is 2.07 bits per heavy atom. The third kappa shape index (κ3) is 1.83. The van der Waals surface area contributed by atoms with E-state index in [9.17, 15) is 5.21 Å². The summed E-state index contributed by atoms with van der Waals surface area (Å²) >= 11 is 3.21. The molecule has 5 heteroatoms. The Morgan fingerprint density at radius 1 is 1.36 bits per heavy atom. The van der Waals surface area contributed by atoms with E-state index < -0.39 is 0 Å². The van der Waals surface area contributed by atoms with E-state index in [2.05, 4.69) is 15.9 Å². The van der Waals surface area contributed by atoms with Gasteiger partial charge in [-0.3, -0.25) is 4.90 Å². The number of ether oxygens (including phenoxy) is 1.